The Morgan fingerprint density at radius 3 is 2.54 bits per heavy atom. The van der Waals surface area contributed by atoms with Crippen LogP contribution in [0.25, 0.3) is 0 Å². The lowest BCUT2D eigenvalue weighted by Crippen LogP contribution is -2.48. The van der Waals surface area contributed by atoms with Gasteiger partial charge < -0.3 is 4.90 Å². The monoisotopic (exact) mass is 474 g/mol. The van der Waals surface area contributed by atoms with Crippen LogP contribution in [0.3, 0.4) is 0 Å². The molecule has 0 N–H and O–H groups in total. The fraction of sp³-hybridized carbons (Fsp3) is 0.500. The van der Waals surface area contributed by atoms with Crippen LogP contribution in [0.4, 0.5) is 0 Å². The number of hydrogen-bond acceptors (Lipinski definition) is 4. The number of carbonyl (C=O) groups excluding carboxylic acids is 1. The van der Waals surface area contributed by atoms with Gasteiger partial charge in [-0.3, -0.25) is 14.4 Å². The van der Waals surface area contributed by atoms with Crippen LogP contribution in [-0.4, -0.2) is 51.7 Å². The molecule has 0 saturated carbocycles. The smallest absolute Gasteiger partial charge is 0.264 e. The second-order valence-electron chi connectivity index (χ2n) is 5.90. The maximum absolute atomic E-state index is 12.6. The molecule has 1 aliphatic rings. The standard InChI is InChI=1S/C16H20Br2N4OS/c1-3-22-10-12(11(2)19-22)9-20-4-6-21(7-5-20)16(23)14-8-13(17)15(18)24-14/h8,10H,3-7,9H2,1-2H3. The van der Waals surface area contributed by atoms with Crippen molar-refractivity contribution in [2.45, 2.75) is 26.9 Å². The van der Waals surface area contributed by atoms with Gasteiger partial charge in [-0.05, 0) is 51.8 Å². The van der Waals surface area contributed by atoms with E-state index >= 15 is 0 Å². The van der Waals surface area contributed by atoms with Gasteiger partial charge in [0.15, 0.2) is 0 Å². The number of hydrogen-bond donors (Lipinski definition) is 0. The summed E-state index contributed by atoms with van der Waals surface area (Å²) in [6.07, 6.45) is 2.13. The first-order chi connectivity index (χ1) is 11.5. The molecule has 1 saturated heterocycles. The van der Waals surface area contributed by atoms with Crippen LogP contribution in [0.2, 0.25) is 0 Å². The molecule has 0 bridgehead atoms. The number of thiophene rings is 1. The molecule has 0 aromatic carbocycles. The molecule has 1 amide bonds. The number of piperazine rings is 1. The molecule has 24 heavy (non-hydrogen) atoms. The van der Waals surface area contributed by atoms with Gasteiger partial charge in [-0.25, -0.2) is 0 Å². The Labute approximate surface area is 162 Å². The molecule has 3 heterocycles. The molecule has 2 aromatic rings. The number of halogens is 2. The summed E-state index contributed by atoms with van der Waals surface area (Å²) in [5, 5.41) is 4.51. The molecule has 0 atom stereocenters. The van der Waals surface area contributed by atoms with Crippen molar-refractivity contribution in [1.82, 2.24) is 19.6 Å². The van der Waals surface area contributed by atoms with E-state index in [0.717, 1.165) is 58.1 Å². The zero-order valence-corrected chi connectivity index (χ0v) is 17.7. The van der Waals surface area contributed by atoms with E-state index in [-0.39, 0.29) is 5.91 Å². The molecule has 0 aliphatic carbocycles. The van der Waals surface area contributed by atoms with Crippen molar-refractivity contribution in [3.63, 3.8) is 0 Å². The molecule has 8 heteroatoms. The third kappa shape index (κ3) is 3.92. The number of aromatic nitrogens is 2. The predicted octanol–water partition coefficient (Wildman–Crippen LogP) is 3.76. The number of nitrogens with zero attached hydrogens (tertiary/aromatic N) is 4. The zero-order chi connectivity index (χ0) is 17.3. The maximum Gasteiger partial charge on any atom is 0.264 e. The van der Waals surface area contributed by atoms with Crippen molar-refractivity contribution in [1.29, 1.82) is 0 Å². The van der Waals surface area contributed by atoms with Crippen molar-refractivity contribution in [3.05, 3.63) is 36.7 Å². The first-order valence-corrected chi connectivity index (χ1v) is 10.4. The van der Waals surface area contributed by atoms with Gasteiger partial charge in [0, 0.05) is 55.5 Å². The highest BCUT2D eigenvalue weighted by molar-refractivity contribution is 9.13. The third-order valence-electron chi connectivity index (χ3n) is 4.28. The summed E-state index contributed by atoms with van der Waals surface area (Å²) >= 11 is 8.38. The molecule has 2 aromatic heterocycles. The molecule has 0 unspecified atom stereocenters. The van der Waals surface area contributed by atoms with Crippen LogP contribution in [0, 0.1) is 6.92 Å². The van der Waals surface area contributed by atoms with Crippen LogP contribution < -0.4 is 0 Å². The Hall–Kier alpha value is -0.700. The first-order valence-electron chi connectivity index (χ1n) is 7.97. The largest absolute Gasteiger partial charge is 0.335 e. The fourth-order valence-electron chi connectivity index (χ4n) is 2.83. The van der Waals surface area contributed by atoms with Crippen molar-refractivity contribution >= 4 is 49.1 Å². The number of aryl methyl sites for hydroxylation is 2. The summed E-state index contributed by atoms with van der Waals surface area (Å²) in [7, 11) is 0. The lowest BCUT2D eigenvalue weighted by Gasteiger charge is -2.34. The summed E-state index contributed by atoms with van der Waals surface area (Å²) in [5.41, 5.74) is 2.38. The Morgan fingerprint density at radius 1 is 1.29 bits per heavy atom. The van der Waals surface area contributed by atoms with Gasteiger partial charge in [-0.15, -0.1) is 11.3 Å². The Balaban J connectivity index is 1.57. The van der Waals surface area contributed by atoms with E-state index in [0.29, 0.717) is 0 Å². The van der Waals surface area contributed by atoms with Crippen LogP contribution in [0.5, 0.6) is 0 Å². The van der Waals surface area contributed by atoms with Gasteiger partial charge in [-0.2, -0.15) is 5.10 Å². The van der Waals surface area contributed by atoms with Crippen LogP contribution >= 0.6 is 43.2 Å². The van der Waals surface area contributed by atoms with Crippen molar-refractivity contribution in [3.8, 4) is 0 Å². The Morgan fingerprint density at radius 2 is 2.00 bits per heavy atom. The Kier molecular flexibility index (Phi) is 5.79. The quantitative estimate of drug-likeness (QED) is 0.676. The van der Waals surface area contributed by atoms with E-state index in [2.05, 4.69) is 61.9 Å². The normalized spacial score (nSPS) is 15.9. The van der Waals surface area contributed by atoms with Gasteiger partial charge in [0.05, 0.1) is 14.4 Å². The van der Waals surface area contributed by atoms with E-state index in [9.17, 15) is 4.79 Å². The van der Waals surface area contributed by atoms with Gasteiger partial charge in [0.2, 0.25) is 0 Å². The maximum atomic E-state index is 12.6. The molecule has 1 fully saturated rings. The van der Waals surface area contributed by atoms with Crippen molar-refractivity contribution in [2.75, 3.05) is 26.2 Å². The third-order valence-corrected chi connectivity index (χ3v) is 7.53. The molecule has 0 spiro atoms. The van der Waals surface area contributed by atoms with E-state index in [1.807, 2.05) is 15.6 Å². The molecular formula is C16H20Br2N4OS. The summed E-state index contributed by atoms with van der Waals surface area (Å²) in [4.78, 5) is 17.7. The summed E-state index contributed by atoms with van der Waals surface area (Å²) < 4.78 is 3.89. The van der Waals surface area contributed by atoms with Crippen LogP contribution in [0.15, 0.2) is 20.5 Å². The second-order valence-corrected chi connectivity index (χ2v) is 9.12. The molecule has 3 rings (SSSR count). The fourth-order valence-corrected chi connectivity index (χ4v) is 4.84. The van der Waals surface area contributed by atoms with Gasteiger partial charge in [0.1, 0.15) is 0 Å². The lowest BCUT2D eigenvalue weighted by atomic mass is 10.2. The molecule has 5 nitrogen and oxygen atoms in total. The molecule has 1 aliphatic heterocycles. The van der Waals surface area contributed by atoms with Crippen molar-refractivity contribution in [2.24, 2.45) is 0 Å². The highest BCUT2D eigenvalue weighted by Crippen LogP contribution is 2.33. The van der Waals surface area contributed by atoms with Gasteiger partial charge in [-0.1, -0.05) is 0 Å². The van der Waals surface area contributed by atoms with E-state index < -0.39 is 0 Å². The van der Waals surface area contributed by atoms with E-state index in [4.69, 9.17) is 0 Å². The average Bonchev–Trinajstić information content (AvgIpc) is 3.10. The van der Waals surface area contributed by atoms with E-state index in [1.165, 1.54) is 16.9 Å². The second kappa shape index (κ2) is 7.68. The zero-order valence-electron chi connectivity index (χ0n) is 13.8. The SMILES string of the molecule is CCn1cc(CN2CCN(C(=O)c3cc(Br)c(Br)s3)CC2)c(C)n1. The highest BCUT2D eigenvalue weighted by Gasteiger charge is 2.24. The van der Waals surface area contributed by atoms with Crippen LogP contribution in [0.1, 0.15) is 27.9 Å². The van der Waals surface area contributed by atoms with Crippen molar-refractivity contribution < 1.29 is 4.79 Å². The van der Waals surface area contributed by atoms with E-state index in [1.54, 1.807) is 0 Å². The number of carbonyl (C=O) groups is 1. The van der Waals surface area contributed by atoms with Crippen LogP contribution in [-0.2, 0) is 13.1 Å². The number of rotatable bonds is 4. The topological polar surface area (TPSA) is 41.4 Å². The molecule has 130 valence electrons. The predicted molar refractivity (Wildman–Crippen MR) is 104 cm³/mol. The highest BCUT2D eigenvalue weighted by atomic mass is 79.9. The average molecular weight is 476 g/mol. The number of amides is 1. The minimum absolute atomic E-state index is 0.126. The lowest BCUT2D eigenvalue weighted by molar-refractivity contribution is 0.0633. The summed E-state index contributed by atoms with van der Waals surface area (Å²) in [5.74, 6) is 0.126. The van der Waals surface area contributed by atoms with Gasteiger partial charge >= 0.3 is 0 Å². The summed E-state index contributed by atoms with van der Waals surface area (Å²) in [6, 6.07) is 1.89. The molecular weight excluding hydrogens is 456 g/mol. The minimum Gasteiger partial charge on any atom is -0.335 e. The Bertz CT molecular complexity index is 715. The summed E-state index contributed by atoms with van der Waals surface area (Å²) in [6.45, 7) is 9.31. The molecule has 0 radical (unpaired) electrons. The minimum atomic E-state index is 0.126. The van der Waals surface area contributed by atoms with Gasteiger partial charge in [0.25, 0.3) is 5.91 Å². The first kappa shape index (κ1) is 18.1.